The van der Waals surface area contributed by atoms with Crippen LogP contribution < -0.4 is 15.5 Å². The molecule has 2 aliphatic rings. The zero-order chi connectivity index (χ0) is 20.9. The average molecular weight is 424 g/mol. The van der Waals surface area contributed by atoms with Crippen molar-refractivity contribution in [1.82, 2.24) is 4.90 Å². The highest BCUT2D eigenvalue weighted by molar-refractivity contribution is 7.73. The Morgan fingerprint density at radius 1 is 0.581 bits per heavy atom. The summed E-state index contributed by atoms with van der Waals surface area (Å²) in [5, 5.41) is 2.89. The Kier molecular flexibility index (Phi) is 6.68. The van der Waals surface area contributed by atoms with Gasteiger partial charge in [-0.05, 0) is 56.3 Å². The highest BCUT2D eigenvalue weighted by Gasteiger charge is 2.39. The van der Waals surface area contributed by atoms with Gasteiger partial charge in [0.25, 0.3) is 0 Å². The summed E-state index contributed by atoms with van der Waals surface area (Å²) in [6, 6.07) is 33.1. The Labute approximate surface area is 188 Å². The molecule has 3 aromatic rings. The molecule has 0 aromatic heterocycles. The Bertz CT molecular complexity index is 878. The number of hydrogen-bond acceptors (Lipinski definition) is 2. The molecule has 1 saturated carbocycles. The molecular formula is C28H28N2P. The predicted molar refractivity (Wildman–Crippen MR) is 134 cm³/mol. The van der Waals surface area contributed by atoms with Gasteiger partial charge in [0, 0.05) is 43.6 Å². The number of anilines is 1. The number of piperazine rings is 1. The van der Waals surface area contributed by atoms with Crippen LogP contribution >= 0.6 is 7.92 Å². The van der Waals surface area contributed by atoms with Crippen molar-refractivity contribution in [3.05, 3.63) is 123 Å². The van der Waals surface area contributed by atoms with Crippen molar-refractivity contribution in [3.63, 3.8) is 0 Å². The number of nitrogens with zero attached hydrogens (tertiary/aromatic N) is 2. The molecule has 5 rings (SSSR count). The van der Waals surface area contributed by atoms with Crippen molar-refractivity contribution < 1.29 is 0 Å². The first-order valence-electron chi connectivity index (χ1n) is 11.1. The minimum Gasteiger partial charge on any atom is -0.369 e. The molecule has 0 amide bonds. The van der Waals surface area contributed by atoms with E-state index in [4.69, 9.17) is 0 Å². The monoisotopic (exact) mass is 423 g/mol. The average Bonchev–Trinajstić information content (AvgIpc) is 3.39. The van der Waals surface area contributed by atoms with Crippen LogP contribution in [0.5, 0.6) is 0 Å². The van der Waals surface area contributed by atoms with Gasteiger partial charge in [-0.25, -0.2) is 0 Å². The van der Waals surface area contributed by atoms with Crippen molar-refractivity contribution in [2.75, 3.05) is 31.1 Å². The molecular weight excluding hydrogens is 395 g/mol. The molecule has 155 valence electrons. The number of hydrogen-bond donors (Lipinski definition) is 0. The minimum absolute atomic E-state index is 0.382. The molecule has 3 aromatic carbocycles. The van der Waals surface area contributed by atoms with Gasteiger partial charge in [0.05, 0.1) is 0 Å². The van der Waals surface area contributed by atoms with E-state index in [0.29, 0.717) is 5.78 Å². The molecule has 0 bridgehead atoms. The number of rotatable bonds is 6. The molecule has 0 spiro atoms. The van der Waals surface area contributed by atoms with E-state index in [2.05, 4.69) is 126 Å². The number of benzene rings is 3. The quantitative estimate of drug-likeness (QED) is 0.532. The first-order valence-corrected chi connectivity index (χ1v) is 12.5. The lowest BCUT2D eigenvalue weighted by molar-refractivity contribution is 0.249. The maximum absolute atomic E-state index is 2.72. The Morgan fingerprint density at radius 2 is 1.06 bits per heavy atom. The highest BCUT2D eigenvalue weighted by atomic mass is 31.1. The van der Waals surface area contributed by atoms with E-state index < -0.39 is 7.92 Å². The van der Waals surface area contributed by atoms with Crippen molar-refractivity contribution in [3.8, 4) is 0 Å². The molecule has 1 aliphatic heterocycles. The van der Waals surface area contributed by atoms with Gasteiger partial charge in [-0.15, -0.1) is 0 Å². The first kappa shape index (κ1) is 20.7. The smallest absolute Gasteiger partial charge is 0.0448 e. The van der Waals surface area contributed by atoms with Gasteiger partial charge < -0.3 is 4.90 Å². The van der Waals surface area contributed by atoms with E-state index in [1.807, 2.05) is 0 Å². The zero-order valence-corrected chi connectivity index (χ0v) is 18.6. The van der Waals surface area contributed by atoms with Crippen LogP contribution in [0.1, 0.15) is 0 Å². The van der Waals surface area contributed by atoms with Crippen molar-refractivity contribution >= 4 is 24.2 Å². The summed E-state index contributed by atoms with van der Waals surface area (Å²) in [7, 11) is -0.549. The van der Waals surface area contributed by atoms with Crippen LogP contribution in [0.4, 0.5) is 5.69 Å². The molecule has 1 aliphatic carbocycles. The van der Waals surface area contributed by atoms with E-state index in [0.717, 1.165) is 26.2 Å². The van der Waals surface area contributed by atoms with E-state index in [9.17, 15) is 0 Å². The molecule has 2 nitrogen and oxygen atoms in total. The Morgan fingerprint density at radius 3 is 1.58 bits per heavy atom. The van der Waals surface area contributed by atoms with Crippen LogP contribution in [0.2, 0.25) is 0 Å². The van der Waals surface area contributed by atoms with Gasteiger partial charge in [0.1, 0.15) is 0 Å². The maximum Gasteiger partial charge on any atom is 0.0448 e. The second-order valence-corrected chi connectivity index (χ2v) is 10.3. The highest BCUT2D eigenvalue weighted by Crippen LogP contribution is 2.49. The van der Waals surface area contributed by atoms with Gasteiger partial charge in [-0.1, -0.05) is 78.9 Å². The van der Waals surface area contributed by atoms with Crippen LogP contribution in [-0.4, -0.2) is 36.9 Å². The van der Waals surface area contributed by atoms with Crippen LogP contribution in [0.15, 0.2) is 91.0 Å². The van der Waals surface area contributed by atoms with Gasteiger partial charge in [0.15, 0.2) is 0 Å². The lowest BCUT2D eigenvalue weighted by atomic mass is 10.1. The maximum atomic E-state index is 2.72. The van der Waals surface area contributed by atoms with E-state index in [-0.39, 0.29) is 0 Å². The SMILES string of the molecule is [CH]1[CH][CH][C](C(N2CCN(c3ccccc3)CC2)P(c2ccccc2)c2ccccc2)[CH]1. The van der Waals surface area contributed by atoms with Crippen LogP contribution in [0.3, 0.4) is 0 Å². The molecule has 1 saturated heterocycles. The predicted octanol–water partition coefficient (Wildman–Crippen LogP) is 4.67. The third kappa shape index (κ3) is 4.71. The second-order valence-electron chi connectivity index (χ2n) is 7.99. The lowest BCUT2D eigenvalue weighted by Crippen LogP contribution is -2.52. The molecule has 2 fully saturated rings. The topological polar surface area (TPSA) is 6.48 Å². The normalized spacial score (nSPS) is 19.1. The van der Waals surface area contributed by atoms with E-state index in [1.165, 1.54) is 22.2 Å². The third-order valence-corrected chi connectivity index (χ3v) is 8.90. The summed E-state index contributed by atoms with van der Waals surface area (Å²) in [4.78, 5) is 5.24. The molecule has 1 atom stereocenters. The lowest BCUT2D eigenvalue weighted by Gasteiger charge is -2.45. The molecule has 31 heavy (non-hydrogen) atoms. The van der Waals surface area contributed by atoms with Gasteiger partial charge >= 0.3 is 0 Å². The third-order valence-electron chi connectivity index (χ3n) is 6.08. The Hall–Kier alpha value is -2.15. The number of para-hydroxylation sites is 1. The van der Waals surface area contributed by atoms with Crippen LogP contribution in [-0.2, 0) is 0 Å². The minimum atomic E-state index is -0.549. The standard InChI is InChI=1S/C28H28N2P/c1-4-14-25(15-5-1)29-20-22-30(23-21-29)28(24-12-10-11-13-24)31(26-16-6-2-7-17-26)27-18-8-3-9-19-27/h1-19,28H,20-23H2. The van der Waals surface area contributed by atoms with Crippen molar-refractivity contribution in [2.45, 2.75) is 5.78 Å². The fourth-order valence-electron chi connectivity index (χ4n) is 4.56. The van der Waals surface area contributed by atoms with Crippen molar-refractivity contribution in [2.24, 2.45) is 0 Å². The summed E-state index contributed by atoms with van der Waals surface area (Å²) in [6.07, 6.45) is 9.00. The van der Waals surface area contributed by atoms with Gasteiger partial charge in [0.2, 0.25) is 0 Å². The molecule has 0 N–H and O–H groups in total. The summed E-state index contributed by atoms with van der Waals surface area (Å²) in [5.74, 6) is 1.82. The first-order chi connectivity index (χ1) is 15.4. The van der Waals surface area contributed by atoms with Crippen LogP contribution in [0.25, 0.3) is 0 Å². The molecule has 1 unspecified atom stereocenters. The molecule has 5 radical (unpaired) electrons. The van der Waals surface area contributed by atoms with E-state index in [1.54, 1.807) is 0 Å². The zero-order valence-electron chi connectivity index (χ0n) is 17.7. The van der Waals surface area contributed by atoms with Gasteiger partial charge in [-0.3, -0.25) is 4.90 Å². The largest absolute Gasteiger partial charge is 0.369 e. The molecule has 1 heterocycles. The summed E-state index contributed by atoms with van der Waals surface area (Å²) in [5.41, 5.74) is 1.33. The fourth-order valence-corrected chi connectivity index (χ4v) is 7.43. The summed E-state index contributed by atoms with van der Waals surface area (Å²) >= 11 is 0. The second kappa shape index (κ2) is 9.98. The fraction of sp³-hybridized carbons (Fsp3) is 0.179. The summed E-state index contributed by atoms with van der Waals surface area (Å²) in [6.45, 7) is 4.27. The van der Waals surface area contributed by atoms with E-state index >= 15 is 0 Å². The van der Waals surface area contributed by atoms with Gasteiger partial charge in [-0.2, -0.15) is 0 Å². The molecule has 3 heteroatoms. The van der Waals surface area contributed by atoms with Crippen LogP contribution in [0, 0.1) is 31.6 Å². The van der Waals surface area contributed by atoms with Crippen molar-refractivity contribution in [1.29, 1.82) is 0 Å². The summed E-state index contributed by atoms with van der Waals surface area (Å²) < 4.78 is 0. The Balaban J connectivity index is 1.45.